The van der Waals surface area contributed by atoms with Crippen molar-refractivity contribution in [3.63, 3.8) is 0 Å². The molecule has 7 heteroatoms. The Kier molecular flexibility index (Phi) is 4.85. The van der Waals surface area contributed by atoms with Gasteiger partial charge in [0.15, 0.2) is 4.77 Å². The molecule has 0 unspecified atom stereocenters. The van der Waals surface area contributed by atoms with Crippen molar-refractivity contribution in [2.24, 2.45) is 4.99 Å². The van der Waals surface area contributed by atoms with Gasteiger partial charge in [-0.15, -0.1) is 0 Å². The topological polar surface area (TPSA) is 70.4 Å². The summed E-state index contributed by atoms with van der Waals surface area (Å²) in [5.74, 6) is -0.653. The maximum Gasteiger partial charge on any atom is 0.264 e. The van der Waals surface area contributed by atoms with Crippen LogP contribution in [0, 0.1) is 10.6 Å². The summed E-state index contributed by atoms with van der Waals surface area (Å²) in [5, 5.41) is 10.5. The molecule has 0 amide bonds. The molecule has 0 radical (unpaired) electrons. The summed E-state index contributed by atoms with van der Waals surface area (Å²) >= 11 is 5.14. The summed E-state index contributed by atoms with van der Waals surface area (Å²) < 4.78 is 14.5. The predicted octanol–water partition coefficient (Wildman–Crippen LogP) is 3.55. The molecule has 0 fully saturated rings. The van der Waals surface area contributed by atoms with Crippen molar-refractivity contribution in [1.82, 2.24) is 9.55 Å². The zero-order chi connectivity index (χ0) is 17.8. The molecule has 1 aromatic heterocycles. The van der Waals surface area contributed by atoms with Crippen LogP contribution in [-0.2, 0) is 6.54 Å². The smallest absolute Gasteiger partial charge is 0.264 e. The fourth-order valence-corrected chi connectivity index (χ4v) is 2.51. The summed E-state index contributed by atoms with van der Waals surface area (Å²) in [4.78, 5) is 18.7. The fourth-order valence-electron chi connectivity index (χ4n) is 2.27. The molecule has 1 heterocycles. The fraction of sp³-hybridized carbons (Fsp3) is 0.0556. The maximum atomic E-state index is 12.9. The van der Waals surface area contributed by atoms with Gasteiger partial charge in [-0.2, -0.15) is 0 Å². The number of hydrogen-bond acceptors (Lipinski definition) is 4. The molecule has 0 aliphatic rings. The molecule has 3 aromatic rings. The van der Waals surface area contributed by atoms with Gasteiger partial charge < -0.3 is 5.11 Å². The minimum absolute atomic E-state index is 0.0196. The quantitative estimate of drug-likeness (QED) is 0.555. The monoisotopic (exact) mass is 355 g/mol. The first-order valence-electron chi connectivity index (χ1n) is 7.44. The molecule has 0 atom stereocenters. The normalized spacial score (nSPS) is 11.1. The lowest BCUT2D eigenvalue weighted by Crippen LogP contribution is -2.19. The second-order valence-corrected chi connectivity index (χ2v) is 5.69. The Labute approximate surface area is 147 Å². The zero-order valence-electron chi connectivity index (χ0n) is 13.0. The highest BCUT2D eigenvalue weighted by Gasteiger charge is 2.11. The Morgan fingerprint density at radius 1 is 1.16 bits per heavy atom. The number of nitrogens with zero attached hydrogens (tertiary/aromatic N) is 2. The standard InChI is InChI=1S/C18H14FN3O2S/c19-13-6-8-14(9-7-13)20-10-15-16(23)21-18(25)22(17(15)24)11-12-4-2-1-3-5-12/h1-10,24H,11H2,(H,21,23,25). The van der Waals surface area contributed by atoms with E-state index in [1.807, 2.05) is 30.3 Å². The van der Waals surface area contributed by atoms with E-state index in [1.165, 1.54) is 35.0 Å². The van der Waals surface area contributed by atoms with Gasteiger partial charge in [-0.05, 0) is 42.0 Å². The molecule has 0 spiro atoms. The molecule has 0 aliphatic carbocycles. The van der Waals surface area contributed by atoms with E-state index in [4.69, 9.17) is 12.2 Å². The molecule has 25 heavy (non-hydrogen) atoms. The average Bonchev–Trinajstić information content (AvgIpc) is 2.61. The molecule has 2 aromatic carbocycles. The van der Waals surface area contributed by atoms with Gasteiger partial charge in [0.25, 0.3) is 5.56 Å². The largest absolute Gasteiger partial charge is 0.494 e. The third-order valence-electron chi connectivity index (χ3n) is 3.56. The average molecular weight is 355 g/mol. The number of aliphatic imine (C=N–C) groups is 1. The highest BCUT2D eigenvalue weighted by atomic mass is 32.1. The third-order valence-corrected chi connectivity index (χ3v) is 3.88. The van der Waals surface area contributed by atoms with E-state index in [1.54, 1.807) is 0 Å². The Hall–Kier alpha value is -3.06. The lowest BCUT2D eigenvalue weighted by molar-refractivity contribution is 0.412. The second-order valence-electron chi connectivity index (χ2n) is 5.30. The van der Waals surface area contributed by atoms with Crippen molar-refractivity contribution < 1.29 is 9.50 Å². The minimum atomic E-state index is -0.544. The van der Waals surface area contributed by atoms with Crippen molar-refractivity contribution in [2.45, 2.75) is 6.54 Å². The van der Waals surface area contributed by atoms with Crippen LogP contribution in [0.3, 0.4) is 0 Å². The van der Waals surface area contributed by atoms with Gasteiger partial charge >= 0.3 is 0 Å². The summed E-state index contributed by atoms with van der Waals surface area (Å²) in [6.07, 6.45) is 1.23. The van der Waals surface area contributed by atoms with Crippen molar-refractivity contribution in [2.75, 3.05) is 0 Å². The van der Waals surface area contributed by atoms with Crippen molar-refractivity contribution in [3.05, 3.63) is 86.7 Å². The maximum absolute atomic E-state index is 12.9. The summed E-state index contributed by atoms with van der Waals surface area (Å²) in [6.45, 7) is 0.305. The first kappa shape index (κ1) is 16.8. The third kappa shape index (κ3) is 3.89. The molecular formula is C18H14FN3O2S. The van der Waals surface area contributed by atoms with E-state index in [0.717, 1.165) is 5.56 Å². The number of hydrogen-bond donors (Lipinski definition) is 2. The van der Waals surface area contributed by atoms with Gasteiger partial charge in [0.1, 0.15) is 11.4 Å². The van der Waals surface area contributed by atoms with Gasteiger partial charge in [-0.1, -0.05) is 30.3 Å². The zero-order valence-corrected chi connectivity index (χ0v) is 13.8. The summed E-state index contributed by atoms with van der Waals surface area (Å²) in [5.41, 5.74) is 0.811. The predicted molar refractivity (Wildman–Crippen MR) is 96.7 cm³/mol. The van der Waals surface area contributed by atoms with Crippen LogP contribution in [-0.4, -0.2) is 20.9 Å². The molecule has 126 valence electrons. The molecule has 0 saturated heterocycles. The van der Waals surface area contributed by atoms with Crippen LogP contribution in [0.2, 0.25) is 0 Å². The second kappa shape index (κ2) is 7.23. The lowest BCUT2D eigenvalue weighted by atomic mass is 10.2. The van der Waals surface area contributed by atoms with E-state index in [-0.39, 0.29) is 22.0 Å². The van der Waals surface area contributed by atoms with Gasteiger partial charge in [0.2, 0.25) is 5.88 Å². The van der Waals surface area contributed by atoms with Crippen LogP contribution < -0.4 is 5.56 Å². The van der Waals surface area contributed by atoms with Gasteiger partial charge in [0.05, 0.1) is 12.2 Å². The first-order valence-corrected chi connectivity index (χ1v) is 7.85. The molecule has 0 aliphatic heterocycles. The van der Waals surface area contributed by atoms with Gasteiger partial charge in [-0.3, -0.25) is 19.3 Å². The Morgan fingerprint density at radius 3 is 2.52 bits per heavy atom. The number of benzene rings is 2. The summed E-state index contributed by atoms with van der Waals surface area (Å²) in [6, 6.07) is 14.9. The van der Waals surface area contributed by atoms with E-state index in [9.17, 15) is 14.3 Å². The SMILES string of the molecule is O=c1[nH]c(=S)n(Cc2ccccc2)c(O)c1C=Nc1ccc(F)cc1. The number of H-pyrrole nitrogens is 1. The van der Waals surface area contributed by atoms with Gasteiger partial charge in [0, 0.05) is 6.21 Å². The van der Waals surface area contributed by atoms with Crippen LogP contribution >= 0.6 is 12.2 Å². The minimum Gasteiger partial charge on any atom is -0.494 e. The molecule has 5 nitrogen and oxygen atoms in total. The number of aromatic nitrogens is 2. The molecule has 3 rings (SSSR count). The summed E-state index contributed by atoms with van der Waals surface area (Å²) in [7, 11) is 0. The Morgan fingerprint density at radius 2 is 1.84 bits per heavy atom. The van der Waals surface area contributed by atoms with Crippen molar-refractivity contribution in [1.29, 1.82) is 0 Å². The van der Waals surface area contributed by atoms with Crippen LogP contribution in [0.25, 0.3) is 0 Å². The molecule has 2 N–H and O–H groups in total. The van der Waals surface area contributed by atoms with Crippen molar-refractivity contribution in [3.8, 4) is 5.88 Å². The van der Waals surface area contributed by atoms with Crippen molar-refractivity contribution >= 4 is 24.1 Å². The first-order chi connectivity index (χ1) is 12.0. The highest BCUT2D eigenvalue weighted by Crippen LogP contribution is 2.16. The number of aromatic amines is 1. The number of halogens is 1. The van der Waals surface area contributed by atoms with E-state index in [2.05, 4.69) is 9.98 Å². The van der Waals surface area contributed by atoms with E-state index in [0.29, 0.717) is 12.2 Å². The van der Waals surface area contributed by atoms with Crippen LogP contribution in [0.15, 0.2) is 64.4 Å². The van der Waals surface area contributed by atoms with E-state index < -0.39 is 5.56 Å². The Bertz CT molecular complexity index is 1020. The molecule has 0 bridgehead atoms. The number of aromatic hydroxyl groups is 1. The van der Waals surface area contributed by atoms with Gasteiger partial charge in [-0.25, -0.2) is 4.39 Å². The number of nitrogens with one attached hydrogen (secondary N) is 1. The lowest BCUT2D eigenvalue weighted by Gasteiger charge is -2.11. The Balaban J connectivity index is 1.99. The van der Waals surface area contributed by atoms with Crippen LogP contribution in [0.4, 0.5) is 10.1 Å². The molecular weight excluding hydrogens is 341 g/mol. The number of rotatable bonds is 4. The van der Waals surface area contributed by atoms with Crippen LogP contribution in [0.1, 0.15) is 11.1 Å². The van der Waals surface area contributed by atoms with Crippen LogP contribution in [0.5, 0.6) is 5.88 Å². The highest BCUT2D eigenvalue weighted by molar-refractivity contribution is 7.71. The molecule has 0 saturated carbocycles. The van der Waals surface area contributed by atoms with E-state index >= 15 is 0 Å².